The standard InChI is InChI=1S/C46H30N6/c1-45(2)33-14-6-9-17-39(33)52(40-18-10-7-15-34(40)45)32-20-21-42-36(24-32)46(35-16-8-11-19-41(35)51(42)31-12-4-3-5-13-31)37-22-29(25-47)27-49-43(37)44-38(46)23-30(26-48)28-50-44/h3-24,27-28H,1-2H3. The summed E-state index contributed by atoms with van der Waals surface area (Å²) in [6.07, 6.45) is 3.24. The minimum Gasteiger partial charge on any atom is -0.310 e. The molecule has 3 aliphatic rings. The molecule has 0 radical (unpaired) electrons. The van der Waals surface area contributed by atoms with Gasteiger partial charge in [0.25, 0.3) is 0 Å². The van der Waals surface area contributed by atoms with E-state index in [0.717, 1.165) is 56.4 Å². The van der Waals surface area contributed by atoms with E-state index in [1.165, 1.54) is 11.1 Å². The molecule has 0 N–H and O–H groups in total. The Morgan fingerprint density at radius 3 is 1.48 bits per heavy atom. The van der Waals surface area contributed by atoms with E-state index < -0.39 is 5.41 Å². The van der Waals surface area contributed by atoms with Gasteiger partial charge in [-0.2, -0.15) is 10.5 Å². The molecule has 1 spiro atoms. The SMILES string of the molecule is CC1(C)c2ccccc2N(c2ccc3c(c2)C2(c4ccccc4N3c3ccccc3)c3cc(C#N)cnc3-c3ncc(C#N)cc32)c2ccccc21. The summed E-state index contributed by atoms with van der Waals surface area (Å²) in [6.45, 7) is 4.59. The Hall–Kier alpha value is -7.02. The molecule has 10 rings (SSSR count). The molecule has 2 aliphatic heterocycles. The molecule has 1 aliphatic carbocycles. The monoisotopic (exact) mass is 666 g/mol. The van der Waals surface area contributed by atoms with Gasteiger partial charge in [-0.1, -0.05) is 86.6 Å². The molecular formula is C46H30N6. The average Bonchev–Trinajstić information content (AvgIpc) is 3.48. The number of hydrogen-bond acceptors (Lipinski definition) is 6. The normalized spacial score (nSPS) is 14.9. The van der Waals surface area contributed by atoms with Crippen LogP contribution >= 0.6 is 0 Å². The van der Waals surface area contributed by atoms with E-state index in [0.29, 0.717) is 22.5 Å². The van der Waals surface area contributed by atoms with Crippen molar-refractivity contribution < 1.29 is 0 Å². The Morgan fingerprint density at radius 2 is 0.923 bits per heavy atom. The molecule has 7 aromatic rings. The summed E-state index contributed by atoms with van der Waals surface area (Å²) in [5.41, 5.74) is 13.8. The summed E-state index contributed by atoms with van der Waals surface area (Å²) in [4.78, 5) is 14.5. The summed E-state index contributed by atoms with van der Waals surface area (Å²) in [6, 6.07) is 51.6. The summed E-state index contributed by atoms with van der Waals surface area (Å²) in [5.74, 6) is 0. The molecule has 6 nitrogen and oxygen atoms in total. The van der Waals surface area contributed by atoms with Gasteiger partial charge in [0.15, 0.2) is 0 Å². The van der Waals surface area contributed by atoms with Gasteiger partial charge in [-0.15, -0.1) is 0 Å². The maximum absolute atomic E-state index is 10.2. The highest BCUT2D eigenvalue weighted by atomic mass is 15.2. The van der Waals surface area contributed by atoms with Crippen molar-refractivity contribution >= 4 is 34.1 Å². The third kappa shape index (κ3) is 3.81. The molecular weight excluding hydrogens is 637 g/mol. The minimum atomic E-state index is -0.939. The molecule has 52 heavy (non-hydrogen) atoms. The van der Waals surface area contributed by atoms with Gasteiger partial charge in [-0.25, -0.2) is 0 Å². The molecule has 0 atom stereocenters. The molecule has 0 saturated heterocycles. The lowest BCUT2D eigenvalue weighted by Gasteiger charge is -2.46. The van der Waals surface area contributed by atoms with Gasteiger partial charge in [0.1, 0.15) is 12.1 Å². The quantitative estimate of drug-likeness (QED) is 0.183. The number of hydrogen-bond donors (Lipinski definition) is 0. The van der Waals surface area contributed by atoms with E-state index in [-0.39, 0.29) is 5.41 Å². The van der Waals surface area contributed by atoms with E-state index in [2.05, 4.69) is 151 Å². The Morgan fingerprint density at radius 1 is 0.462 bits per heavy atom. The van der Waals surface area contributed by atoms with E-state index in [1.807, 2.05) is 18.2 Å². The molecule has 0 fully saturated rings. The number of para-hydroxylation sites is 4. The molecule has 4 heterocycles. The van der Waals surface area contributed by atoms with Crippen molar-refractivity contribution in [1.82, 2.24) is 9.97 Å². The van der Waals surface area contributed by atoms with Crippen molar-refractivity contribution in [1.29, 1.82) is 10.5 Å². The Labute approximate surface area is 302 Å². The zero-order chi connectivity index (χ0) is 35.2. The first-order valence-corrected chi connectivity index (χ1v) is 17.4. The van der Waals surface area contributed by atoms with Crippen LogP contribution in [0.1, 0.15) is 58.4 Å². The highest BCUT2D eigenvalue weighted by Crippen LogP contribution is 2.64. The molecule has 0 saturated carbocycles. The van der Waals surface area contributed by atoms with Crippen LogP contribution < -0.4 is 9.80 Å². The maximum atomic E-state index is 10.2. The highest BCUT2D eigenvalue weighted by molar-refractivity contribution is 5.96. The second-order valence-corrected chi connectivity index (χ2v) is 14.1. The van der Waals surface area contributed by atoms with Crippen LogP contribution in [0.3, 0.4) is 0 Å². The third-order valence-corrected chi connectivity index (χ3v) is 11.1. The van der Waals surface area contributed by atoms with Crippen LogP contribution in [0.4, 0.5) is 34.1 Å². The topological polar surface area (TPSA) is 79.8 Å². The van der Waals surface area contributed by atoms with Crippen LogP contribution in [0.25, 0.3) is 11.4 Å². The predicted molar refractivity (Wildman–Crippen MR) is 204 cm³/mol. The fourth-order valence-electron chi connectivity index (χ4n) is 8.95. The molecule has 2 aromatic heterocycles. The Kier molecular flexibility index (Phi) is 6.17. The number of nitrogens with zero attached hydrogens (tertiary/aromatic N) is 6. The summed E-state index contributed by atoms with van der Waals surface area (Å²) in [5, 5.41) is 20.4. The predicted octanol–water partition coefficient (Wildman–Crippen LogP) is 10.5. The number of fused-ring (bicyclic) bond motifs is 11. The Bertz CT molecular complexity index is 2600. The van der Waals surface area contributed by atoms with Crippen molar-refractivity contribution in [3.8, 4) is 23.5 Å². The van der Waals surface area contributed by atoms with Crippen molar-refractivity contribution in [3.05, 3.63) is 190 Å². The van der Waals surface area contributed by atoms with Gasteiger partial charge in [-0.05, 0) is 82.9 Å². The minimum absolute atomic E-state index is 0.204. The van der Waals surface area contributed by atoms with Crippen LogP contribution in [0, 0.1) is 22.7 Å². The lowest BCUT2D eigenvalue weighted by molar-refractivity contribution is 0.632. The smallest absolute Gasteiger partial charge is 0.101 e. The lowest BCUT2D eigenvalue weighted by Crippen LogP contribution is -2.37. The number of benzene rings is 5. The number of rotatable bonds is 2. The van der Waals surface area contributed by atoms with E-state index >= 15 is 0 Å². The van der Waals surface area contributed by atoms with Crippen LogP contribution in [-0.4, -0.2) is 9.97 Å². The average molecular weight is 667 g/mol. The lowest BCUT2D eigenvalue weighted by atomic mass is 9.64. The van der Waals surface area contributed by atoms with E-state index in [1.54, 1.807) is 12.4 Å². The van der Waals surface area contributed by atoms with Gasteiger partial charge in [0.2, 0.25) is 0 Å². The second kappa shape index (κ2) is 10.7. The number of anilines is 6. The van der Waals surface area contributed by atoms with Crippen molar-refractivity contribution in [2.45, 2.75) is 24.7 Å². The zero-order valence-corrected chi connectivity index (χ0v) is 28.5. The largest absolute Gasteiger partial charge is 0.310 e. The fraction of sp³-hybridized carbons (Fsp3) is 0.0870. The summed E-state index contributed by atoms with van der Waals surface area (Å²) >= 11 is 0. The van der Waals surface area contributed by atoms with Gasteiger partial charge in [0, 0.05) is 40.3 Å². The zero-order valence-electron chi connectivity index (χ0n) is 28.5. The van der Waals surface area contributed by atoms with E-state index in [4.69, 9.17) is 9.97 Å². The van der Waals surface area contributed by atoms with Crippen LogP contribution in [-0.2, 0) is 10.8 Å². The van der Waals surface area contributed by atoms with Gasteiger partial charge < -0.3 is 9.80 Å². The van der Waals surface area contributed by atoms with Crippen LogP contribution in [0.2, 0.25) is 0 Å². The summed E-state index contributed by atoms with van der Waals surface area (Å²) in [7, 11) is 0. The molecule has 6 heteroatoms. The Balaban J connectivity index is 1.36. The first-order valence-electron chi connectivity index (χ1n) is 17.4. The molecule has 0 bridgehead atoms. The molecule has 0 amide bonds. The summed E-state index contributed by atoms with van der Waals surface area (Å²) < 4.78 is 0. The molecule has 244 valence electrons. The number of pyridine rings is 2. The van der Waals surface area contributed by atoms with Crippen molar-refractivity contribution in [3.63, 3.8) is 0 Å². The second-order valence-electron chi connectivity index (χ2n) is 14.1. The van der Waals surface area contributed by atoms with Crippen LogP contribution in [0.15, 0.2) is 146 Å². The number of aromatic nitrogens is 2. The van der Waals surface area contributed by atoms with Crippen LogP contribution in [0.5, 0.6) is 0 Å². The highest BCUT2D eigenvalue weighted by Gasteiger charge is 2.54. The van der Waals surface area contributed by atoms with Gasteiger partial charge in [0.05, 0.1) is 50.7 Å². The van der Waals surface area contributed by atoms with Crippen molar-refractivity contribution in [2.24, 2.45) is 0 Å². The molecule has 5 aromatic carbocycles. The maximum Gasteiger partial charge on any atom is 0.101 e. The fourth-order valence-corrected chi connectivity index (χ4v) is 8.95. The number of nitriles is 2. The first kappa shape index (κ1) is 29.9. The van der Waals surface area contributed by atoms with Crippen molar-refractivity contribution in [2.75, 3.05) is 9.80 Å². The van der Waals surface area contributed by atoms with Gasteiger partial charge >= 0.3 is 0 Å². The molecule has 0 unspecified atom stereocenters. The van der Waals surface area contributed by atoms with E-state index in [9.17, 15) is 10.5 Å². The van der Waals surface area contributed by atoms with Gasteiger partial charge in [-0.3, -0.25) is 9.97 Å². The third-order valence-electron chi connectivity index (χ3n) is 11.1. The first-order chi connectivity index (χ1) is 25.5.